The summed E-state index contributed by atoms with van der Waals surface area (Å²) in [7, 11) is 0. The third kappa shape index (κ3) is 1.49. The Bertz CT molecular complexity index is 416. The van der Waals surface area contributed by atoms with Gasteiger partial charge in [0, 0.05) is 18.8 Å². The molecule has 1 saturated heterocycles. The first-order valence-electron chi connectivity index (χ1n) is 7.09. The van der Waals surface area contributed by atoms with Crippen LogP contribution in [0.2, 0.25) is 0 Å². The van der Waals surface area contributed by atoms with Gasteiger partial charge in [0.05, 0.1) is 6.42 Å². The van der Waals surface area contributed by atoms with E-state index in [1.807, 2.05) is 0 Å². The fraction of sp³-hybridized carbons (Fsp3) is 0.867. The van der Waals surface area contributed by atoms with E-state index in [-0.39, 0.29) is 22.9 Å². The van der Waals surface area contributed by atoms with E-state index in [2.05, 4.69) is 20.8 Å². The van der Waals surface area contributed by atoms with Gasteiger partial charge in [0.15, 0.2) is 0 Å². The lowest BCUT2D eigenvalue weighted by molar-refractivity contribution is -0.161. The van der Waals surface area contributed by atoms with Crippen molar-refractivity contribution >= 4 is 11.8 Å². The van der Waals surface area contributed by atoms with Crippen molar-refractivity contribution in [2.24, 2.45) is 23.2 Å². The van der Waals surface area contributed by atoms with Crippen LogP contribution < -0.4 is 0 Å². The van der Waals surface area contributed by atoms with Crippen molar-refractivity contribution in [1.29, 1.82) is 0 Å². The Morgan fingerprint density at radius 3 is 2.67 bits per heavy atom. The molecule has 3 nitrogen and oxygen atoms in total. The summed E-state index contributed by atoms with van der Waals surface area (Å²) in [5.74, 6) is 1.54. The fourth-order valence-electron chi connectivity index (χ4n) is 5.13. The molecule has 0 amide bonds. The standard InChI is InChI=1S/C15H22O3/c1-9-6-10(16)8-14(2)11(9)4-5-15(3)12(14)7-13(17)18-15/h9,11-12H,4-8H2,1-3H3/t9-,11-,12+,14-,15+/m0/s1. The number of rotatable bonds is 0. The largest absolute Gasteiger partial charge is 0.459 e. The third-order valence-electron chi connectivity index (χ3n) is 5.86. The van der Waals surface area contributed by atoms with Crippen LogP contribution >= 0.6 is 0 Å². The van der Waals surface area contributed by atoms with Gasteiger partial charge in [-0.2, -0.15) is 0 Å². The predicted octanol–water partition coefficient (Wildman–Crippen LogP) is 2.72. The summed E-state index contributed by atoms with van der Waals surface area (Å²) < 4.78 is 5.59. The molecular weight excluding hydrogens is 228 g/mol. The minimum atomic E-state index is -0.320. The van der Waals surface area contributed by atoms with Crippen LogP contribution in [0.1, 0.15) is 52.9 Å². The summed E-state index contributed by atoms with van der Waals surface area (Å²) in [6.07, 6.45) is 3.91. The molecule has 100 valence electrons. The molecule has 0 unspecified atom stereocenters. The van der Waals surface area contributed by atoms with Crippen molar-refractivity contribution in [3.63, 3.8) is 0 Å². The molecule has 3 heteroatoms. The monoisotopic (exact) mass is 250 g/mol. The van der Waals surface area contributed by atoms with Crippen LogP contribution in [-0.2, 0) is 14.3 Å². The summed E-state index contributed by atoms with van der Waals surface area (Å²) in [5.41, 5.74) is -0.354. The second-order valence-electron chi connectivity index (χ2n) is 7.09. The van der Waals surface area contributed by atoms with Crippen LogP contribution in [0.3, 0.4) is 0 Å². The lowest BCUT2D eigenvalue weighted by Crippen LogP contribution is -2.55. The van der Waals surface area contributed by atoms with Crippen molar-refractivity contribution in [1.82, 2.24) is 0 Å². The first-order valence-corrected chi connectivity index (χ1v) is 7.09. The molecule has 5 atom stereocenters. The topological polar surface area (TPSA) is 43.4 Å². The van der Waals surface area contributed by atoms with Gasteiger partial charge in [-0.25, -0.2) is 0 Å². The van der Waals surface area contributed by atoms with Crippen molar-refractivity contribution in [2.45, 2.75) is 58.5 Å². The summed E-state index contributed by atoms with van der Waals surface area (Å²) in [6, 6.07) is 0. The highest BCUT2D eigenvalue weighted by molar-refractivity contribution is 5.81. The Labute approximate surface area is 108 Å². The zero-order valence-corrected chi connectivity index (χ0v) is 11.5. The number of esters is 1. The van der Waals surface area contributed by atoms with Crippen LogP contribution in [-0.4, -0.2) is 17.4 Å². The van der Waals surface area contributed by atoms with Gasteiger partial charge < -0.3 is 4.74 Å². The van der Waals surface area contributed by atoms with E-state index in [9.17, 15) is 9.59 Å². The molecule has 0 aromatic heterocycles. The average molecular weight is 250 g/mol. The molecule has 2 saturated carbocycles. The Hall–Kier alpha value is -0.860. The number of carbonyl (C=O) groups is 2. The Kier molecular flexibility index (Phi) is 2.43. The molecule has 0 N–H and O–H groups in total. The number of hydrogen-bond acceptors (Lipinski definition) is 3. The molecule has 2 aliphatic carbocycles. The summed E-state index contributed by atoms with van der Waals surface area (Å²) in [4.78, 5) is 23.7. The molecule has 0 spiro atoms. The number of fused-ring (bicyclic) bond motifs is 3. The lowest BCUT2D eigenvalue weighted by Gasteiger charge is -2.55. The number of Topliss-reactive ketones (excluding diaryl/α,β-unsaturated/α-hetero) is 1. The molecule has 1 heterocycles. The van der Waals surface area contributed by atoms with Gasteiger partial charge in [-0.3, -0.25) is 9.59 Å². The van der Waals surface area contributed by atoms with E-state index in [0.29, 0.717) is 30.5 Å². The molecule has 18 heavy (non-hydrogen) atoms. The van der Waals surface area contributed by atoms with E-state index >= 15 is 0 Å². The third-order valence-corrected chi connectivity index (χ3v) is 5.86. The molecule has 3 rings (SSSR count). The minimum absolute atomic E-state index is 0.0338. The molecule has 0 aromatic rings. The van der Waals surface area contributed by atoms with Gasteiger partial charge >= 0.3 is 5.97 Å². The normalized spacial score (nSPS) is 51.6. The molecule has 1 aliphatic heterocycles. The maximum atomic E-state index is 12.0. The minimum Gasteiger partial charge on any atom is -0.459 e. The lowest BCUT2D eigenvalue weighted by atomic mass is 9.49. The summed E-state index contributed by atoms with van der Waals surface area (Å²) in [5, 5.41) is 0. The number of ether oxygens (including phenoxy) is 1. The van der Waals surface area contributed by atoms with E-state index in [1.54, 1.807) is 0 Å². The second-order valence-corrected chi connectivity index (χ2v) is 7.09. The molecule has 0 aromatic carbocycles. The maximum Gasteiger partial charge on any atom is 0.306 e. The van der Waals surface area contributed by atoms with Gasteiger partial charge in [0.2, 0.25) is 0 Å². The van der Waals surface area contributed by atoms with Crippen LogP contribution in [0.5, 0.6) is 0 Å². The van der Waals surface area contributed by atoms with E-state index in [1.165, 1.54) is 0 Å². The van der Waals surface area contributed by atoms with Gasteiger partial charge in [-0.1, -0.05) is 13.8 Å². The Morgan fingerprint density at radius 2 is 1.94 bits per heavy atom. The average Bonchev–Trinajstić information content (AvgIpc) is 2.53. The molecule has 0 bridgehead atoms. The Morgan fingerprint density at radius 1 is 1.22 bits per heavy atom. The van der Waals surface area contributed by atoms with Crippen LogP contribution in [0.15, 0.2) is 0 Å². The highest BCUT2D eigenvalue weighted by atomic mass is 16.6. The van der Waals surface area contributed by atoms with E-state index in [0.717, 1.165) is 19.3 Å². The maximum absolute atomic E-state index is 12.0. The van der Waals surface area contributed by atoms with Crippen molar-refractivity contribution < 1.29 is 14.3 Å². The van der Waals surface area contributed by atoms with E-state index in [4.69, 9.17) is 4.74 Å². The highest BCUT2D eigenvalue weighted by Gasteiger charge is 2.61. The zero-order chi connectivity index (χ0) is 13.1. The van der Waals surface area contributed by atoms with Crippen molar-refractivity contribution in [3.8, 4) is 0 Å². The fourth-order valence-corrected chi connectivity index (χ4v) is 5.13. The zero-order valence-electron chi connectivity index (χ0n) is 11.5. The van der Waals surface area contributed by atoms with Gasteiger partial charge in [-0.05, 0) is 37.0 Å². The second kappa shape index (κ2) is 3.58. The van der Waals surface area contributed by atoms with Crippen molar-refractivity contribution in [3.05, 3.63) is 0 Å². The summed E-state index contributed by atoms with van der Waals surface area (Å²) >= 11 is 0. The van der Waals surface area contributed by atoms with Gasteiger partial charge in [0.1, 0.15) is 11.4 Å². The number of ketones is 1. The Balaban J connectivity index is 2.00. The van der Waals surface area contributed by atoms with Crippen molar-refractivity contribution in [2.75, 3.05) is 0 Å². The first kappa shape index (κ1) is 12.2. The van der Waals surface area contributed by atoms with E-state index < -0.39 is 0 Å². The predicted molar refractivity (Wildman–Crippen MR) is 66.8 cm³/mol. The SMILES string of the molecule is C[C@H]1CC(=O)C[C@]2(C)[C@H]3CC(=O)O[C@]3(C)CC[C@@H]12. The van der Waals surface area contributed by atoms with Gasteiger partial charge in [-0.15, -0.1) is 0 Å². The number of carbonyl (C=O) groups excluding carboxylic acids is 2. The molecule has 3 fully saturated rings. The molecular formula is C15H22O3. The number of hydrogen-bond donors (Lipinski definition) is 0. The van der Waals surface area contributed by atoms with Gasteiger partial charge in [0.25, 0.3) is 0 Å². The van der Waals surface area contributed by atoms with Crippen LogP contribution in [0.25, 0.3) is 0 Å². The summed E-state index contributed by atoms with van der Waals surface area (Å²) in [6.45, 7) is 6.48. The van der Waals surface area contributed by atoms with Crippen LogP contribution in [0.4, 0.5) is 0 Å². The quantitative estimate of drug-likeness (QED) is 0.621. The molecule has 0 radical (unpaired) electrons. The van der Waals surface area contributed by atoms with Crippen LogP contribution in [0, 0.1) is 23.2 Å². The smallest absolute Gasteiger partial charge is 0.306 e. The molecule has 3 aliphatic rings. The first-order chi connectivity index (χ1) is 8.35. The highest BCUT2D eigenvalue weighted by Crippen LogP contribution is 2.61.